The van der Waals surface area contributed by atoms with Gasteiger partial charge in [0, 0.05) is 23.5 Å². The van der Waals surface area contributed by atoms with Crippen LogP contribution in [0.2, 0.25) is 5.15 Å². The minimum absolute atomic E-state index is 0.233. The molecule has 0 saturated carbocycles. The van der Waals surface area contributed by atoms with Gasteiger partial charge in [-0.3, -0.25) is 0 Å². The van der Waals surface area contributed by atoms with E-state index in [4.69, 9.17) is 11.6 Å². The van der Waals surface area contributed by atoms with Gasteiger partial charge in [-0.05, 0) is 17.7 Å². The van der Waals surface area contributed by atoms with E-state index in [-0.39, 0.29) is 5.82 Å². The van der Waals surface area contributed by atoms with Crippen LogP contribution in [0.4, 0.5) is 4.39 Å². The van der Waals surface area contributed by atoms with Crippen molar-refractivity contribution in [3.8, 4) is 0 Å². The van der Waals surface area contributed by atoms with E-state index in [1.807, 2.05) is 0 Å². The number of rotatable bonds is 2. The molecule has 0 aliphatic carbocycles. The Bertz CT molecular complexity index is 586. The van der Waals surface area contributed by atoms with E-state index >= 15 is 0 Å². The Morgan fingerprint density at radius 3 is 2.72 bits per heavy atom. The zero-order chi connectivity index (χ0) is 12.5. The third-order valence-corrected chi connectivity index (χ3v) is 4.13. The summed E-state index contributed by atoms with van der Waals surface area (Å²) in [6.07, 6.45) is 0.581. The molecule has 0 unspecified atom stereocenters. The Morgan fingerprint density at radius 2 is 1.94 bits per heavy atom. The van der Waals surface area contributed by atoms with Gasteiger partial charge in [0.2, 0.25) is 0 Å². The predicted molar refractivity (Wildman–Crippen MR) is 71.2 cm³/mol. The molecule has 0 radical (unpaired) electrons. The second kappa shape index (κ2) is 4.86. The lowest BCUT2D eigenvalue weighted by atomic mass is 10.1. The molecule has 2 heterocycles. The highest BCUT2D eigenvalue weighted by atomic mass is 35.5. The molecule has 2 nitrogen and oxygen atoms in total. The fourth-order valence-corrected chi connectivity index (χ4v) is 3.32. The Labute approximate surface area is 114 Å². The van der Waals surface area contributed by atoms with E-state index in [0.29, 0.717) is 17.4 Å². The van der Waals surface area contributed by atoms with Gasteiger partial charge in [0.25, 0.3) is 0 Å². The summed E-state index contributed by atoms with van der Waals surface area (Å²) in [5.74, 6) is 2.26. The molecule has 1 aliphatic heterocycles. The molecule has 0 bridgehead atoms. The number of fused-ring (bicyclic) bond motifs is 1. The third-order valence-electron chi connectivity index (χ3n) is 2.85. The second-order valence-corrected chi connectivity index (χ2v) is 5.50. The van der Waals surface area contributed by atoms with Gasteiger partial charge in [0.05, 0.1) is 5.69 Å². The summed E-state index contributed by atoms with van der Waals surface area (Å²) in [7, 11) is 0. The van der Waals surface area contributed by atoms with E-state index in [9.17, 15) is 4.39 Å². The minimum atomic E-state index is -0.233. The average molecular weight is 281 g/mol. The smallest absolute Gasteiger partial charge is 0.137 e. The average Bonchev–Trinajstić information content (AvgIpc) is 2.81. The quantitative estimate of drug-likeness (QED) is 0.786. The summed E-state index contributed by atoms with van der Waals surface area (Å²) in [5, 5.41) is 0.558. The minimum Gasteiger partial charge on any atom is -0.236 e. The molecule has 92 valence electrons. The zero-order valence-corrected chi connectivity index (χ0v) is 11.1. The van der Waals surface area contributed by atoms with Gasteiger partial charge in [-0.1, -0.05) is 23.7 Å². The summed E-state index contributed by atoms with van der Waals surface area (Å²) < 4.78 is 12.8. The molecule has 3 rings (SSSR count). The number of aromatic nitrogens is 2. The van der Waals surface area contributed by atoms with E-state index in [2.05, 4.69) is 9.97 Å². The van der Waals surface area contributed by atoms with Crippen LogP contribution in [0.15, 0.2) is 24.3 Å². The van der Waals surface area contributed by atoms with Gasteiger partial charge in [0.15, 0.2) is 0 Å². The molecule has 1 aromatic heterocycles. The van der Waals surface area contributed by atoms with Gasteiger partial charge in [-0.25, -0.2) is 14.4 Å². The van der Waals surface area contributed by atoms with Crippen molar-refractivity contribution in [1.82, 2.24) is 9.97 Å². The van der Waals surface area contributed by atoms with E-state index in [0.717, 1.165) is 28.3 Å². The molecule has 0 amide bonds. The lowest BCUT2D eigenvalue weighted by molar-refractivity contribution is 0.627. The first-order chi connectivity index (χ1) is 8.72. The SMILES string of the molecule is Fc1ccc(Cc2nc(Cl)c3c(n2)CSC3)cc1. The third kappa shape index (κ3) is 2.35. The van der Waals surface area contributed by atoms with Crippen LogP contribution in [-0.2, 0) is 17.9 Å². The van der Waals surface area contributed by atoms with Crippen LogP contribution in [-0.4, -0.2) is 9.97 Å². The number of halogens is 2. The topological polar surface area (TPSA) is 25.8 Å². The molecule has 1 aliphatic rings. The number of nitrogens with zero attached hydrogens (tertiary/aromatic N) is 2. The van der Waals surface area contributed by atoms with Crippen LogP contribution >= 0.6 is 23.4 Å². The normalized spacial score (nSPS) is 13.7. The molecular formula is C13H10ClFN2S. The number of hydrogen-bond donors (Lipinski definition) is 0. The lowest BCUT2D eigenvalue weighted by Crippen LogP contribution is -2.02. The first kappa shape index (κ1) is 11.9. The van der Waals surface area contributed by atoms with Crippen molar-refractivity contribution >= 4 is 23.4 Å². The largest absolute Gasteiger partial charge is 0.236 e. The maximum atomic E-state index is 12.8. The van der Waals surface area contributed by atoms with Crippen molar-refractivity contribution in [3.63, 3.8) is 0 Å². The summed E-state index contributed by atoms with van der Waals surface area (Å²) >= 11 is 7.94. The van der Waals surface area contributed by atoms with E-state index in [1.165, 1.54) is 12.1 Å². The molecule has 1 aromatic carbocycles. The summed E-state index contributed by atoms with van der Waals surface area (Å²) in [6.45, 7) is 0. The number of thioether (sulfide) groups is 1. The van der Waals surface area contributed by atoms with Crippen LogP contribution in [0.25, 0.3) is 0 Å². The Hall–Kier alpha value is -1.13. The summed E-state index contributed by atoms with van der Waals surface area (Å²) in [4.78, 5) is 8.83. The van der Waals surface area contributed by atoms with Crippen LogP contribution in [0.1, 0.15) is 22.6 Å². The molecule has 0 atom stereocenters. The molecule has 18 heavy (non-hydrogen) atoms. The maximum absolute atomic E-state index is 12.8. The molecule has 0 saturated heterocycles. The molecule has 0 spiro atoms. The number of benzene rings is 1. The fourth-order valence-electron chi connectivity index (χ4n) is 1.92. The van der Waals surface area contributed by atoms with Crippen molar-refractivity contribution in [2.24, 2.45) is 0 Å². The van der Waals surface area contributed by atoms with Gasteiger partial charge in [-0.2, -0.15) is 11.8 Å². The second-order valence-electron chi connectivity index (χ2n) is 4.15. The highest BCUT2D eigenvalue weighted by molar-refractivity contribution is 7.98. The lowest BCUT2D eigenvalue weighted by Gasteiger charge is -2.05. The van der Waals surface area contributed by atoms with Gasteiger partial charge < -0.3 is 0 Å². The van der Waals surface area contributed by atoms with Crippen molar-refractivity contribution < 1.29 is 4.39 Å². The molecule has 5 heteroatoms. The van der Waals surface area contributed by atoms with E-state index in [1.54, 1.807) is 23.9 Å². The molecule has 0 N–H and O–H groups in total. The number of hydrogen-bond acceptors (Lipinski definition) is 3. The van der Waals surface area contributed by atoms with Gasteiger partial charge in [0.1, 0.15) is 16.8 Å². The van der Waals surface area contributed by atoms with Crippen molar-refractivity contribution in [2.45, 2.75) is 17.9 Å². The fraction of sp³-hybridized carbons (Fsp3) is 0.231. The van der Waals surface area contributed by atoms with Crippen LogP contribution in [0, 0.1) is 5.82 Å². The maximum Gasteiger partial charge on any atom is 0.137 e. The predicted octanol–water partition coefficient (Wildman–Crippen LogP) is 3.61. The highest BCUT2D eigenvalue weighted by Crippen LogP contribution is 2.32. The van der Waals surface area contributed by atoms with Crippen molar-refractivity contribution in [3.05, 3.63) is 57.9 Å². The molecule has 2 aromatic rings. The molecule has 0 fully saturated rings. The highest BCUT2D eigenvalue weighted by Gasteiger charge is 2.18. The summed E-state index contributed by atoms with van der Waals surface area (Å²) in [5.41, 5.74) is 3.08. The zero-order valence-electron chi connectivity index (χ0n) is 9.49. The van der Waals surface area contributed by atoms with Crippen LogP contribution in [0.5, 0.6) is 0 Å². The van der Waals surface area contributed by atoms with E-state index < -0.39 is 0 Å². The van der Waals surface area contributed by atoms with Gasteiger partial charge >= 0.3 is 0 Å². The first-order valence-electron chi connectivity index (χ1n) is 5.59. The van der Waals surface area contributed by atoms with Crippen molar-refractivity contribution in [1.29, 1.82) is 0 Å². The standard InChI is InChI=1S/C13H10ClFN2S/c14-13-10-6-18-7-11(10)16-12(17-13)5-8-1-3-9(15)4-2-8/h1-4H,5-7H2. The Morgan fingerprint density at radius 1 is 1.17 bits per heavy atom. The van der Waals surface area contributed by atoms with Crippen molar-refractivity contribution in [2.75, 3.05) is 0 Å². The van der Waals surface area contributed by atoms with Gasteiger partial charge in [-0.15, -0.1) is 0 Å². The Balaban J connectivity index is 1.89. The summed E-state index contributed by atoms with van der Waals surface area (Å²) in [6, 6.07) is 6.38. The Kier molecular flexibility index (Phi) is 3.22. The molecular weight excluding hydrogens is 271 g/mol. The van der Waals surface area contributed by atoms with Crippen LogP contribution in [0.3, 0.4) is 0 Å². The van der Waals surface area contributed by atoms with Crippen LogP contribution < -0.4 is 0 Å². The first-order valence-corrected chi connectivity index (χ1v) is 7.12. The monoisotopic (exact) mass is 280 g/mol.